The van der Waals surface area contributed by atoms with Crippen LogP contribution >= 0.6 is 11.3 Å². The monoisotopic (exact) mass is 368 g/mol. The number of para-hydroxylation sites is 2. The number of benzene rings is 1. The Hall–Kier alpha value is -2.47. The van der Waals surface area contributed by atoms with Gasteiger partial charge in [0.1, 0.15) is 5.52 Å². The maximum Gasteiger partial charge on any atom is 0.223 e. The van der Waals surface area contributed by atoms with E-state index in [1.807, 2.05) is 46.7 Å². The molecule has 3 heterocycles. The molecule has 1 fully saturated rings. The van der Waals surface area contributed by atoms with E-state index in [1.54, 1.807) is 0 Å². The minimum atomic E-state index is 0.0377. The smallest absolute Gasteiger partial charge is 0.223 e. The zero-order valence-corrected chi connectivity index (χ0v) is 15.2. The summed E-state index contributed by atoms with van der Waals surface area (Å²) < 4.78 is 5.88. The van der Waals surface area contributed by atoms with Gasteiger partial charge >= 0.3 is 0 Å². The van der Waals surface area contributed by atoms with Crippen LogP contribution in [0.5, 0.6) is 0 Å². The number of aromatic nitrogens is 1. The normalized spacial score (nSPS) is 17.5. The molecule has 1 aliphatic heterocycles. The van der Waals surface area contributed by atoms with Crippen LogP contribution in [-0.4, -0.2) is 34.7 Å². The van der Waals surface area contributed by atoms with E-state index in [1.165, 1.54) is 11.3 Å². The summed E-state index contributed by atoms with van der Waals surface area (Å²) in [7, 11) is 0. The molecule has 5 nitrogen and oxygen atoms in total. The molecule has 0 radical (unpaired) electrons. The van der Waals surface area contributed by atoms with Gasteiger partial charge in [0.2, 0.25) is 5.91 Å². The first-order valence-electron chi connectivity index (χ1n) is 8.90. The molecule has 3 aromatic rings. The molecule has 0 unspecified atom stereocenters. The highest BCUT2D eigenvalue weighted by Crippen LogP contribution is 2.29. The van der Waals surface area contributed by atoms with Gasteiger partial charge in [0, 0.05) is 25.9 Å². The van der Waals surface area contributed by atoms with Crippen molar-refractivity contribution in [2.75, 3.05) is 13.1 Å². The van der Waals surface area contributed by atoms with E-state index < -0.39 is 0 Å². The molecule has 1 atom stereocenters. The molecule has 4 rings (SSSR count). The van der Waals surface area contributed by atoms with Gasteiger partial charge in [-0.1, -0.05) is 18.2 Å². The number of oxazole rings is 1. The number of carbonyl (C=O) groups is 2. The van der Waals surface area contributed by atoms with Crippen LogP contribution in [0.2, 0.25) is 0 Å². The number of hydrogen-bond acceptors (Lipinski definition) is 5. The summed E-state index contributed by atoms with van der Waals surface area (Å²) in [5, 5.41) is 1.88. The van der Waals surface area contributed by atoms with Gasteiger partial charge in [-0.3, -0.25) is 9.59 Å². The topological polar surface area (TPSA) is 63.4 Å². The van der Waals surface area contributed by atoms with Crippen molar-refractivity contribution in [3.63, 3.8) is 0 Å². The second-order valence-corrected chi connectivity index (χ2v) is 7.55. The van der Waals surface area contributed by atoms with Gasteiger partial charge in [-0.05, 0) is 36.4 Å². The molecule has 26 heavy (non-hydrogen) atoms. The first kappa shape index (κ1) is 17.0. The highest BCUT2D eigenvalue weighted by molar-refractivity contribution is 7.12. The Kier molecular flexibility index (Phi) is 4.84. The minimum absolute atomic E-state index is 0.0377. The summed E-state index contributed by atoms with van der Waals surface area (Å²) in [5.74, 6) is 0.906. The van der Waals surface area contributed by atoms with Crippen molar-refractivity contribution in [1.29, 1.82) is 0 Å². The number of hydrogen-bond donors (Lipinski definition) is 0. The van der Waals surface area contributed by atoms with E-state index >= 15 is 0 Å². The summed E-state index contributed by atoms with van der Waals surface area (Å²) >= 11 is 1.42. The second kappa shape index (κ2) is 7.41. The zero-order valence-electron chi connectivity index (χ0n) is 14.4. The molecule has 0 spiro atoms. The van der Waals surface area contributed by atoms with Crippen LogP contribution in [0, 0.1) is 0 Å². The Labute approximate surface area is 155 Å². The summed E-state index contributed by atoms with van der Waals surface area (Å²) in [5.41, 5.74) is 1.64. The van der Waals surface area contributed by atoms with Crippen LogP contribution in [0.4, 0.5) is 0 Å². The number of likely N-dealkylation sites (tertiary alicyclic amines) is 1. The lowest BCUT2D eigenvalue weighted by Crippen LogP contribution is -2.39. The Balaban J connectivity index is 1.38. The lowest BCUT2D eigenvalue weighted by Gasteiger charge is -2.31. The van der Waals surface area contributed by atoms with Gasteiger partial charge < -0.3 is 9.32 Å². The predicted octanol–water partition coefficient (Wildman–Crippen LogP) is 4.26. The number of carbonyl (C=O) groups excluding carboxylic acids is 2. The predicted molar refractivity (Wildman–Crippen MR) is 100 cm³/mol. The molecule has 0 aliphatic carbocycles. The van der Waals surface area contributed by atoms with E-state index in [9.17, 15) is 9.59 Å². The summed E-state index contributed by atoms with van der Waals surface area (Å²) in [6.07, 6.45) is 2.42. The van der Waals surface area contributed by atoms with Gasteiger partial charge in [-0.2, -0.15) is 0 Å². The van der Waals surface area contributed by atoms with Crippen LogP contribution in [0.25, 0.3) is 11.1 Å². The standard InChI is InChI=1S/C20H20N2O3S/c23-16(18-8-4-12-26-18)9-10-19(24)22-11-3-5-14(13-22)20-21-15-6-1-2-7-17(15)25-20/h1-2,4,6-8,12,14H,3,5,9-11,13H2/t14-/m1/s1. The molecule has 2 aromatic heterocycles. The van der Waals surface area contributed by atoms with Crippen LogP contribution in [0.3, 0.4) is 0 Å². The third kappa shape index (κ3) is 3.55. The van der Waals surface area contributed by atoms with Crippen molar-refractivity contribution in [1.82, 2.24) is 9.88 Å². The van der Waals surface area contributed by atoms with Crippen molar-refractivity contribution in [3.05, 3.63) is 52.5 Å². The van der Waals surface area contributed by atoms with E-state index in [0.29, 0.717) is 12.4 Å². The number of nitrogens with zero attached hydrogens (tertiary/aromatic N) is 2. The number of ketones is 1. The third-order valence-electron chi connectivity index (χ3n) is 4.80. The maximum atomic E-state index is 12.5. The Morgan fingerprint density at radius 2 is 2.08 bits per heavy atom. The van der Waals surface area contributed by atoms with Crippen LogP contribution in [-0.2, 0) is 4.79 Å². The Morgan fingerprint density at radius 3 is 2.88 bits per heavy atom. The van der Waals surface area contributed by atoms with Gasteiger partial charge in [0.25, 0.3) is 0 Å². The van der Waals surface area contributed by atoms with E-state index in [2.05, 4.69) is 4.98 Å². The fraction of sp³-hybridized carbons (Fsp3) is 0.350. The molecule has 134 valence electrons. The SMILES string of the molecule is O=C(CCC(=O)N1CCC[C@@H](c2nc3ccccc3o2)C1)c1cccs1. The first-order chi connectivity index (χ1) is 12.7. The van der Waals surface area contributed by atoms with Crippen LogP contribution < -0.4 is 0 Å². The Bertz CT molecular complexity index is 883. The van der Waals surface area contributed by atoms with Crippen molar-refractivity contribution >= 4 is 34.1 Å². The van der Waals surface area contributed by atoms with Gasteiger partial charge in [-0.25, -0.2) is 4.98 Å². The van der Waals surface area contributed by atoms with Gasteiger partial charge in [0.05, 0.1) is 10.8 Å². The quantitative estimate of drug-likeness (QED) is 0.631. The number of thiophene rings is 1. The average molecular weight is 368 g/mol. The lowest BCUT2D eigenvalue weighted by atomic mass is 9.97. The maximum absolute atomic E-state index is 12.5. The van der Waals surface area contributed by atoms with E-state index in [0.717, 1.165) is 35.4 Å². The zero-order chi connectivity index (χ0) is 17.9. The number of fused-ring (bicyclic) bond motifs is 1. The van der Waals surface area contributed by atoms with Crippen molar-refractivity contribution in [2.45, 2.75) is 31.6 Å². The summed E-state index contributed by atoms with van der Waals surface area (Å²) in [6.45, 7) is 1.35. The lowest BCUT2D eigenvalue weighted by molar-refractivity contribution is -0.132. The fourth-order valence-corrected chi connectivity index (χ4v) is 4.10. The second-order valence-electron chi connectivity index (χ2n) is 6.60. The fourth-order valence-electron chi connectivity index (χ4n) is 3.41. The van der Waals surface area contributed by atoms with E-state index in [-0.39, 0.29) is 30.4 Å². The third-order valence-corrected chi connectivity index (χ3v) is 5.71. The average Bonchev–Trinajstić information content (AvgIpc) is 3.35. The minimum Gasteiger partial charge on any atom is -0.440 e. The molecule has 0 bridgehead atoms. The number of rotatable bonds is 5. The Morgan fingerprint density at radius 1 is 1.19 bits per heavy atom. The van der Waals surface area contributed by atoms with Crippen molar-refractivity contribution in [2.24, 2.45) is 0 Å². The molecule has 1 aliphatic rings. The van der Waals surface area contributed by atoms with Gasteiger partial charge in [-0.15, -0.1) is 11.3 Å². The first-order valence-corrected chi connectivity index (χ1v) is 9.78. The molecule has 1 aromatic carbocycles. The number of Topliss-reactive ketones (excluding diaryl/α,β-unsaturated/α-hetero) is 1. The van der Waals surface area contributed by atoms with Crippen LogP contribution in [0.15, 0.2) is 46.2 Å². The van der Waals surface area contributed by atoms with Crippen LogP contribution in [0.1, 0.15) is 47.2 Å². The molecule has 0 saturated carbocycles. The van der Waals surface area contributed by atoms with Crippen molar-refractivity contribution in [3.8, 4) is 0 Å². The molecule has 6 heteroatoms. The number of amides is 1. The van der Waals surface area contributed by atoms with E-state index in [4.69, 9.17) is 4.42 Å². The molecular formula is C20H20N2O3S. The molecular weight excluding hydrogens is 348 g/mol. The molecule has 1 amide bonds. The van der Waals surface area contributed by atoms with Gasteiger partial charge in [0.15, 0.2) is 17.3 Å². The molecule has 0 N–H and O–H groups in total. The number of piperidine rings is 1. The largest absolute Gasteiger partial charge is 0.440 e. The van der Waals surface area contributed by atoms with Crippen molar-refractivity contribution < 1.29 is 14.0 Å². The highest BCUT2D eigenvalue weighted by Gasteiger charge is 2.28. The molecule has 1 saturated heterocycles. The summed E-state index contributed by atoms with van der Waals surface area (Å²) in [4.78, 5) is 31.8. The highest BCUT2D eigenvalue weighted by atomic mass is 32.1. The summed E-state index contributed by atoms with van der Waals surface area (Å²) in [6, 6.07) is 11.4.